The fourth-order valence-corrected chi connectivity index (χ4v) is 3.47. The van der Waals surface area contributed by atoms with Gasteiger partial charge in [-0.1, -0.05) is 18.2 Å². The Kier molecular flexibility index (Phi) is 5.73. The summed E-state index contributed by atoms with van der Waals surface area (Å²) in [6, 6.07) is 8.02. The standard InChI is InChI=1S/C23H22N8O2/c1-30-14-19(11-27-30)18-10-26-23-29-28-21(31(23)15-18)9-16-4-2-5-17(8-16)22-24-12-20(13-25-22)33-7-3-6-32/h2,4-5,8,10-15,32H,3,6-7,9H2,1H3. The summed E-state index contributed by atoms with van der Waals surface area (Å²) in [5.74, 6) is 2.52. The van der Waals surface area contributed by atoms with Crippen molar-refractivity contribution in [2.45, 2.75) is 12.8 Å². The molecular weight excluding hydrogens is 420 g/mol. The third-order valence-corrected chi connectivity index (χ3v) is 5.12. The molecule has 5 rings (SSSR count). The molecule has 1 N–H and O–H groups in total. The Labute approximate surface area is 189 Å². The van der Waals surface area contributed by atoms with Crippen LogP contribution in [0.25, 0.3) is 28.3 Å². The second-order valence-corrected chi connectivity index (χ2v) is 7.58. The third-order valence-electron chi connectivity index (χ3n) is 5.12. The van der Waals surface area contributed by atoms with Crippen molar-refractivity contribution < 1.29 is 9.84 Å². The zero-order valence-corrected chi connectivity index (χ0v) is 18.0. The van der Waals surface area contributed by atoms with Crippen LogP contribution in [0.2, 0.25) is 0 Å². The highest BCUT2D eigenvalue weighted by Gasteiger charge is 2.11. The van der Waals surface area contributed by atoms with Crippen molar-refractivity contribution in [2.24, 2.45) is 7.05 Å². The number of aliphatic hydroxyl groups excluding tert-OH is 1. The number of ether oxygens (including phenoxy) is 1. The molecule has 0 fully saturated rings. The summed E-state index contributed by atoms with van der Waals surface area (Å²) in [5.41, 5.74) is 3.88. The van der Waals surface area contributed by atoms with Gasteiger partial charge in [-0.15, -0.1) is 10.2 Å². The molecule has 0 spiro atoms. The average molecular weight is 442 g/mol. The molecule has 10 heteroatoms. The molecule has 0 bridgehead atoms. The van der Waals surface area contributed by atoms with Crippen molar-refractivity contribution in [3.8, 4) is 28.3 Å². The van der Waals surface area contributed by atoms with E-state index in [1.807, 2.05) is 48.1 Å². The zero-order chi connectivity index (χ0) is 22.6. The summed E-state index contributed by atoms with van der Waals surface area (Å²) in [4.78, 5) is 13.3. The molecule has 4 heterocycles. The largest absolute Gasteiger partial charge is 0.490 e. The SMILES string of the molecule is Cn1cc(-c2cnc3nnc(Cc4cccc(-c5ncc(OCCCO)cn5)c4)n3c2)cn1. The Hall–Kier alpha value is -4.18. The predicted molar refractivity (Wildman–Crippen MR) is 120 cm³/mol. The highest BCUT2D eigenvalue weighted by atomic mass is 16.5. The Morgan fingerprint density at radius 3 is 2.58 bits per heavy atom. The van der Waals surface area contributed by atoms with E-state index in [9.17, 15) is 0 Å². The molecule has 0 unspecified atom stereocenters. The van der Waals surface area contributed by atoms with Gasteiger partial charge in [-0.3, -0.25) is 9.08 Å². The lowest BCUT2D eigenvalue weighted by molar-refractivity contribution is 0.233. The lowest BCUT2D eigenvalue weighted by atomic mass is 10.1. The number of fused-ring (bicyclic) bond motifs is 1. The molecule has 0 atom stereocenters. The van der Waals surface area contributed by atoms with E-state index in [4.69, 9.17) is 9.84 Å². The molecule has 0 amide bonds. The maximum Gasteiger partial charge on any atom is 0.254 e. The predicted octanol–water partition coefficient (Wildman–Crippen LogP) is 2.33. The van der Waals surface area contributed by atoms with E-state index >= 15 is 0 Å². The summed E-state index contributed by atoms with van der Waals surface area (Å²) in [6.45, 7) is 0.520. The van der Waals surface area contributed by atoms with Crippen molar-refractivity contribution in [3.63, 3.8) is 0 Å². The molecular formula is C23H22N8O2. The zero-order valence-electron chi connectivity index (χ0n) is 18.0. The van der Waals surface area contributed by atoms with E-state index in [-0.39, 0.29) is 6.61 Å². The van der Waals surface area contributed by atoms with Gasteiger partial charge < -0.3 is 9.84 Å². The maximum atomic E-state index is 8.85. The lowest BCUT2D eigenvalue weighted by Crippen LogP contribution is -2.01. The molecule has 33 heavy (non-hydrogen) atoms. The Morgan fingerprint density at radius 2 is 1.79 bits per heavy atom. The van der Waals surface area contributed by atoms with Gasteiger partial charge in [0.2, 0.25) is 0 Å². The smallest absolute Gasteiger partial charge is 0.254 e. The number of rotatable bonds is 8. The first-order valence-corrected chi connectivity index (χ1v) is 10.5. The molecule has 0 saturated carbocycles. The van der Waals surface area contributed by atoms with Crippen LogP contribution in [0.3, 0.4) is 0 Å². The van der Waals surface area contributed by atoms with Crippen molar-refractivity contribution in [1.82, 2.24) is 39.3 Å². The number of aromatic nitrogens is 8. The van der Waals surface area contributed by atoms with Gasteiger partial charge in [0.1, 0.15) is 5.82 Å². The van der Waals surface area contributed by atoms with Crippen molar-refractivity contribution >= 4 is 5.78 Å². The monoisotopic (exact) mass is 442 g/mol. The van der Waals surface area contributed by atoms with E-state index in [1.54, 1.807) is 29.5 Å². The Morgan fingerprint density at radius 1 is 0.939 bits per heavy atom. The van der Waals surface area contributed by atoms with Gasteiger partial charge in [0, 0.05) is 61.8 Å². The van der Waals surface area contributed by atoms with Crippen molar-refractivity contribution in [2.75, 3.05) is 13.2 Å². The topological polar surface area (TPSA) is 116 Å². The second kappa shape index (κ2) is 9.13. The fraction of sp³-hybridized carbons (Fsp3) is 0.217. The highest BCUT2D eigenvalue weighted by Crippen LogP contribution is 2.21. The quantitative estimate of drug-likeness (QED) is 0.364. The molecule has 0 radical (unpaired) electrons. The Balaban J connectivity index is 1.37. The van der Waals surface area contributed by atoms with Crippen LogP contribution >= 0.6 is 0 Å². The highest BCUT2D eigenvalue weighted by molar-refractivity contribution is 5.61. The fourth-order valence-electron chi connectivity index (χ4n) is 3.47. The minimum atomic E-state index is 0.0912. The van der Waals surface area contributed by atoms with Crippen LogP contribution in [0.5, 0.6) is 5.75 Å². The molecule has 0 saturated heterocycles. The average Bonchev–Trinajstić information content (AvgIpc) is 3.46. The van der Waals surface area contributed by atoms with Gasteiger partial charge in [-0.05, 0) is 11.6 Å². The molecule has 5 aromatic rings. The summed E-state index contributed by atoms with van der Waals surface area (Å²) in [5, 5.41) is 21.6. The van der Waals surface area contributed by atoms with E-state index in [0.29, 0.717) is 36.8 Å². The van der Waals surface area contributed by atoms with Gasteiger partial charge in [-0.25, -0.2) is 15.0 Å². The summed E-state index contributed by atoms with van der Waals surface area (Å²) < 4.78 is 9.17. The Bertz CT molecular complexity index is 1380. The molecule has 0 aliphatic carbocycles. The van der Waals surface area contributed by atoms with Gasteiger partial charge in [-0.2, -0.15) is 5.10 Å². The van der Waals surface area contributed by atoms with E-state index < -0.39 is 0 Å². The van der Waals surface area contributed by atoms with Crippen molar-refractivity contribution in [1.29, 1.82) is 0 Å². The molecule has 10 nitrogen and oxygen atoms in total. The summed E-state index contributed by atoms with van der Waals surface area (Å²) in [6.07, 6.45) is 11.9. The van der Waals surface area contributed by atoms with E-state index in [1.165, 1.54) is 0 Å². The van der Waals surface area contributed by atoms with Crippen LogP contribution in [-0.2, 0) is 13.5 Å². The number of aryl methyl sites for hydroxylation is 1. The van der Waals surface area contributed by atoms with Crippen LogP contribution in [0, 0.1) is 0 Å². The van der Waals surface area contributed by atoms with Crippen LogP contribution in [0.1, 0.15) is 17.8 Å². The van der Waals surface area contributed by atoms with Crippen LogP contribution in [-0.4, -0.2) is 57.7 Å². The number of hydrogen-bond donors (Lipinski definition) is 1. The molecule has 1 aromatic carbocycles. The molecule has 4 aromatic heterocycles. The second-order valence-electron chi connectivity index (χ2n) is 7.58. The third kappa shape index (κ3) is 4.55. The molecule has 166 valence electrons. The van der Waals surface area contributed by atoms with Crippen molar-refractivity contribution in [3.05, 3.63) is 72.8 Å². The number of benzene rings is 1. The summed E-state index contributed by atoms with van der Waals surface area (Å²) in [7, 11) is 1.88. The van der Waals surface area contributed by atoms with Gasteiger partial charge in [0.25, 0.3) is 5.78 Å². The number of nitrogens with zero attached hydrogens (tertiary/aromatic N) is 8. The van der Waals surface area contributed by atoms with Crippen LogP contribution < -0.4 is 4.74 Å². The lowest BCUT2D eigenvalue weighted by Gasteiger charge is -2.07. The van der Waals surface area contributed by atoms with Gasteiger partial charge in [0.15, 0.2) is 11.6 Å². The first-order chi connectivity index (χ1) is 16.2. The van der Waals surface area contributed by atoms with E-state index in [2.05, 4.69) is 30.2 Å². The normalized spacial score (nSPS) is 11.2. The maximum absolute atomic E-state index is 8.85. The summed E-state index contributed by atoms with van der Waals surface area (Å²) >= 11 is 0. The molecule has 0 aliphatic heterocycles. The van der Waals surface area contributed by atoms with Crippen LogP contribution in [0.4, 0.5) is 0 Å². The first kappa shape index (κ1) is 20.7. The molecule has 0 aliphatic rings. The number of hydrogen-bond acceptors (Lipinski definition) is 8. The van der Waals surface area contributed by atoms with Crippen LogP contribution in [0.15, 0.2) is 61.4 Å². The first-order valence-electron chi connectivity index (χ1n) is 10.5. The van der Waals surface area contributed by atoms with Gasteiger partial charge in [0.05, 0.1) is 25.2 Å². The minimum Gasteiger partial charge on any atom is -0.490 e. The minimum absolute atomic E-state index is 0.0912. The van der Waals surface area contributed by atoms with E-state index in [0.717, 1.165) is 28.1 Å². The number of aliphatic hydroxyl groups is 1. The van der Waals surface area contributed by atoms with Gasteiger partial charge >= 0.3 is 0 Å².